The van der Waals surface area contributed by atoms with Crippen LogP contribution in [0.4, 0.5) is 11.6 Å². The quantitative estimate of drug-likeness (QED) is 0.624. The molecule has 3 aromatic rings. The minimum Gasteiger partial charge on any atom is -0.496 e. The van der Waals surface area contributed by atoms with Gasteiger partial charge in [0, 0.05) is 20.2 Å². The van der Waals surface area contributed by atoms with Crippen molar-refractivity contribution in [2.75, 3.05) is 45.0 Å². The van der Waals surface area contributed by atoms with Crippen molar-refractivity contribution in [2.45, 2.75) is 4.90 Å². The molecule has 26 heavy (non-hydrogen) atoms. The summed E-state index contributed by atoms with van der Waals surface area (Å²) in [5.41, 5.74) is 0.392. The number of aromatic nitrogens is 2. The van der Waals surface area contributed by atoms with Gasteiger partial charge in [-0.2, -0.15) is 4.98 Å². The maximum atomic E-state index is 5.49. The number of nitrogens with one attached hydrogen (secondary N) is 1. The molecule has 8 nitrogen and oxygen atoms in total. The van der Waals surface area contributed by atoms with Crippen LogP contribution in [0, 0.1) is 0 Å². The third-order valence-electron chi connectivity index (χ3n) is 3.71. The van der Waals surface area contributed by atoms with Crippen LogP contribution in [0.3, 0.4) is 0 Å². The van der Waals surface area contributed by atoms with E-state index in [1.165, 1.54) is 11.9 Å². The fourth-order valence-corrected chi connectivity index (χ4v) is 3.22. The molecular weight excluding hydrogens is 356 g/mol. The SMILES string of the molecule is COc1cccc(OC)c1SNc1noc2nc(N(C)C)cc(OC)c12. The van der Waals surface area contributed by atoms with Crippen molar-refractivity contribution in [1.29, 1.82) is 0 Å². The molecule has 2 heterocycles. The average molecular weight is 376 g/mol. The number of methoxy groups -OCH3 is 3. The highest BCUT2D eigenvalue weighted by molar-refractivity contribution is 8.00. The van der Waals surface area contributed by atoms with Crippen LogP contribution in [0.25, 0.3) is 11.1 Å². The van der Waals surface area contributed by atoms with Crippen molar-refractivity contribution in [2.24, 2.45) is 0 Å². The minimum atomic E-state index is 0.392. The van der Waals surface area contributed by atoms with Gasteiger partial charge >= 0.3 is 0 Å². The van der Waals surface area contributed by atoms with Gasteiger partial charge in [0.05, 0.1) is 21.3 Å². The number of benzene rings is 1. The Morgan fingerprint density at radius 1 is 1.04 bits per heavy atom. The normalized spacial score (nSPS) is 10.7. The second-order valence-electron chi connectivity index (χ2n) is 5.48. The molecular formula is C17H20N4O4S. The van der Waals surface area contributed by atoms with E-state index in [0.717, 1.165) is 10.7 Å². The van der Waals surface area contributed by atoms with Crippen LogP contribution in [0.5, 0.6) is 17.2 Å². The number of fused-ring (bicyclic) bond motifs is 1. The van der Waals surface area contributed by atoms with Crippen LogP contribution in [0.2, 0.25) is 0 Å². The number of nitrogens with zero attached hydrogens (tertiary/aromatic N) is 3. The Labute approximate surface area is 155 Å². The molecule has 0 spiro atoms. The molecule has 0 unspecified atom stereocenters. The molecule has 0 saturated carbocycles. The number of hydrogen-bond donors (Lipinski definition) is 1. The summed E-state index contributed by atoms with van der Waals surface area (Å²) in [6.07, 6.45) is 0. The van der Waals surface area contributed by atoms with Gasteiger partial charge in [-0.05, 0) is 24.1 Å². The Bertz CT molecular complexity index is 891. The van der Waals surface area contributed by atoms with E-state index >= 15 is 0 Å². The number of ether oxygens (including phenoxy) is 3. The van der Waals surface area contributed by atoms with Gasteiger partial charge in [-0.15, -0.1) is 0 Å². The highest BCUT2D eigenvalue weighted by Gasteiger charge is 2.19. The first-order valence-corrected chi connectivity index (χ1v) is 8.56. The number of rotatable bonds is 7. The Balaban J connectivity index is 1.96. The molecule has 0 aliphatic rings. The molecule has 3 rings (SSSR count). The van der Waals surface area contributed by atoms with Gasteiger partial charge in [0.15, 0.2) is 5.82 Å². The van der Waals surface area contributed by atoms with Gasteiger partial charge in [0.1, 0.15) is 33.3 Å². The molecule has 0 saturated heterocycles. The first kappa shape index (κ1) is 18.0. The minimum absolute atomic E-state index is 0.392. The van der Waals surface area contributed by atoms with E-state index in [2.05, 4.69) is 14.9 Å². The van der Waals surface area contributed by atoms with Crippen molar-refractivity contribution in [3.8, 4) is 17.2 Å². The molecule has 0 aliphatic carbocycles. The summed E-state index contributed by atoms with van der Waals surface area (Å²) in [5.74, 6) is 3.23. The summed E-state index contributed by atoms with van der Waals surface area (Å²) in [7, 11) is 8.61. The van der Waals surface area contributed by atoms with E-state index in [9.17, 15) is 0 Å². The fraction of sp³-hybridized carbons (Fsp3) is 0.294. The lowest BCUT2D eigenvalue weighted by molar-refractivity contribution is 0.376. The first-order chi connectivity index (χ1) is 12.6. The van der Waals surface area contributed by atoms with Crippen molar-refractivity contribution < 1.29 is 18.7 Å². The highest BCUT2D eigenvalue weighted by Crippen LogP contribution is 2.40. The van der Waals surface area contributed by atoms with Gasteiger partial charge in [-0.1, -0.05) is 11.2 Å². The molecule has 0 aliphatic heterocycles. The summed E-state index contributed by atoms with van der Waals surface area (Å²) in [6.45, 7) is 0. The lowest BCUT2D eigenvalue weighted by Gasteiger charge is -2.13. The van der Waals surface area contributed by atoms with Crippen LogP contribution in [0.1, 0.15) is 0 Å². The second-order valence-corrected chi connectivity index (χ2v) is 6.30. The zero-order chi connectivity index (χ0) is 18.7. The predicted molar refractivity (Wildman–Crippen MR) is 102 cm³/mol. The molecule has 2 aromatic heterocycles. The Morgan fingerprint density at radius 3 is 2.27 bits per heavy atom. The molecule has 0 amide bonds. The zero-order valence-corrected chi connectivity index (χ0v) is 16.0. The van der Waals surface area contributed by atoms with E-state index in [-0.39, 0.29) is 0 Å². The van der Waals surface area contributed by atoms with Gasteiger partial charge in [0.2, 0.25) is 0 Å². The van der Waals surface area contributed by atoms with Crippen LogP contribution < -0.4 is 23.8 Å². The average Bonchev–Trinajstić information content (AvgIpc) is 3.08. The third-order valence-corrected chi connectivity index (χ3v) is 4.61. The maximum absolute atomic E-state index is 5.49. The largest absolute Gasteiger partial charge is 0.496 e. The third kappa shape index (κ3) is 3.30. The molecule has 0 atom stereocenters. The fourth-order valence-electron chi connectivity index (χ4n) is 2.38. The summed E-state index contributed by atoms with van der Waals surface area (Å²) >= 11 is 1.31. The molecule has 0 fully saturated rings. The highest BCUT2D eigenvalue weighted by atomic mass is 32.2. The number of hydrogen-bond acceptors (Lipinski definition) is 9. The van der Waals surface area contributed by atoms with Gasteiger partial charge in [-0.25, -0.2) is 0 Å². The lowest BCUT2D eigenvalue weighted by Crippen LogP contribution is -2.10. The zero-order valence-electron chi connectivity index (χ0n) is 15.2. The van der Waals surface area contributed by atoms with Crippen LogP contribution in [0.15, 0.2) is 33.7 Å². The van der Waals surface area contributed by atoms with E-state index in [1.54, 1.807) is 21.3 Å². The van der Waals surface area contributed by atoms with Crippen molar-refractivity contribution in [1.82, 2.24) is 10.1 Å². The first-order valence-electron chi connectivity index (χ1n) is 7.74. The van der Waals surface area contributed by atoms with Gasteiger partial charge < -0.3 is 28.4 Å². The summed E-state index contributed by atoms with van der Waals surface area (Å²) in [4.78, 5) is 7.11. The van der Waals surface area contributed by atoms with E-state index in [1.807, 2.05) is 43.3 Å². The number of anilines is 2. The standard InChI is InChI=1S/C17H20N4O4S/c1-21(2)13-9-12(24-5)14-16(19-25-17(14)18-13)20-26-15-10(22-3)7-6-8-11(15)23-4/h6-9H,1-5H3,(H,19,20). The van der Waals surface area contributed by atoms with Crippen molar-refractivity contribution in [3.63, 3.8) is 0 Å². The Morgan fingerprint density at radius 2 is 1.69 bits per heavy atom. The van der Waals surface area contributed by atoms with Gasteiger partial charge in [0.25, 0.3) is 5.71 Å². The Hall–Kier alpha value is -2.81. The lowest BCUT2D eigenvalue weighted by atomic mass is 10.3. The molecule has 0 radical (unpaired) electrons. The van der Waals surface area contributed by atoms with Gasteiger partial charge in [-0.3, -0.25) is 0 Å². The van der Waals surface area contributed by atoms with E-state index in [4.69, 9.17) is 18.7 Å². The molecule has 1 N–H and O–H groups in total. The molecule has 1 aromatic carbocycles. The van der Waals surface area contributed by atoms with Crippen molar-refractivity contribution >= 4 is 34.7 Å². The van der Waals surface area contributed by atoms with E-state index in [0.29, 0.717) is 34.2 Å². The van der Waals surface area contributed by atoms with Crippen LogP contribution in [-0.2, 0) is 0 Å². The number of pyridine rings is 1. The van der Waals surface area contributed by atoms with Crippen LogP contribution >= 0.6 is 11.9 Å². The smallest absolute Gasteiger partial charge is 0.265 e. The van der Waals surface area contributed by atoms with Crippen LogP contribution in [-0.4, -0.2) is 45.6 Å². The predicted octanol–water partition coefficient (Wildman–Crippen LogP) is 3.43. The van der Waals surface area contributed by atoms with Crippen molar-refractivity contribution in [3.05, 3.63) is 24.3 Å². The Kier molecular flexibility index (Phi) is 5.27. The van der Waals surface area contributed by atoms with E-state index < -0.39 is 0 Å². The molecule has 138 valence electrons. The second kappa shape index (κ2) is 7.61. The summed E-state index contributed by atoms with van der Waals surface area (Å²) in [6, 6.07) is 7.42. The maximum Gasteiger partial charge on any atom is 0.265 e. The summed E-state index contributed by atoms with van der Waals surface area (Å²) in [5, 5.41) is 4.75. The molecule has 0 bridgehead atoms. The topological polar surface area (TPSA) is 81.9 Å². The monoisotopic (exact) mass is 376 g/mol. The summed E-state index contributed by atoms with van der Waals surface area (Å²) < 4.78 is 24.9. The molecule has 9 heteroatoms.